The van der Waals surface area contributed by atoms with E-state index in [4.69, 9.17) is 16.3 Å². The lowest BCUT2D eigenvalue weighted by Crippen LogP contribution is -2.40. The second-order valence-electron chi connectivity index (χ2n) is 5.72. The van der Waals surface area contributed by atoms with Crippen LogP contribution in [0.4, 0.5) is 0 Å². The van der Waals surface area contributed by atoms with Gasteiger partial charge in [-0.2, -0.15) is 0 Å². The molecule has 2 aromatic carbocycles. The van der Waals surface area contributed by atoms with Gasteiger partial charge in [0.25, 0.3) is 5.91 Å². The van der Waals surface area contributed by atoms with Crippen LogP contribution in [0.3, 0.4) is 0 Å². The van der Waals surface area contributed by atoms with E-state index in [0.29, 0.717) is 10.8 Å². The Labute approximate surface area is 158 Å². The summed E-state index contributed by atoms with van der Waals surface area (Å²) in [5.41, 5.74) is 0.977. The standard InChI is InChI=1S/C18H21ClN2O4S/c1-13-6-8-17(9-7-13)26(23,24)21-11-10-20-18(22)14(2)25-16-5-3-4-15(19)12-16/h3-9,12,14,21H,10-11H2,1-2H3,(H,20,22). The van der Waals surface area contributed by atoms with Crippen LogP contribution in [-0.4, -0.2) is 33.5 Å². The van der Waals surface area contributed by atoms with Crippen LogP contribution in [0, 0.1) is 6.92 Å². The van der Waals surface area contributed by atoms with Crippen molar-refractivity contribution in [2.24, 2.45) is 0 Å². The zero-order chi connectivity index (χ0) is 19.2. The number of hydrogen-bond acceptors (Lipinski definition) is 4. The number of aryl methyl sites for hydroxylation is 1. The first-order valence-corrected chi connectivity index (χ1v) is 9.90. The van der Waals surface area contributed by atoms with Gasteiger partial charge in [-0.15, -0.1) is 0 Å². The summed E-state index contributed by atoms with van der Waals surface area (Å²) >= 11 is 5.87. The highest BCUT2D eigenvalue weighted by Crippen LogP contribution is 2.18. The number of carbonyl (C=O) groups excluding carboxylic acids is 1. The van der Waals surface area contributed by atoms with Gasteiger partial charge in [0.2, 0.25) is 10.0 Å². The molecule has 0 radical (unpaired) electrons. The van der Waals surface area contributed by atoms with E-state index in [-0.39, 0.29) is 23.9 Å². The van der Waals surface area contributed by atoms with Crippen molar-refractivity contribution < 1.29 is 17.9 Å². The van der Waals surface area contributed by atoms with Crippen molar-refractivity contribution in [3.63, 3.8) is 0 Å². The number of carbonyl (C=O) groups is 1. The minimum atomic E-state index is -3.60. The van der Waals surface area contributed by atoms with E-state index in [2.05, 4.69) is 10.0 Å². The topological polar surface area (TPSA) is 84.5 Å². The van der Waals surface area contributed by atoms with Crippen molar-refractivity contribution in [3.05, 3.63) is 59.1 Å². The van der Waals surface area contributed by atoms with E-state index in [1.54, 1.807) is 43.3 Å². The lowest BCUT2D eigenvalue weighted by Gasteiger charge is -2.15. The predicted octanol–water partition coefficient (Wildman–Crippen LogP) is 2.51. The molecule has 0 aliphatic rings. The van der Waals surface area contributed by atoms with Crippen LogP contribution in [0.15, 0.2) is 53.4 Å². The number of ether oxygens (including phenoxy) is 1. The molecule has 0 aliphatic carbocycles. The lowest BCUT2D eigenvalue weighted by atomic mass is 10.2. The van der Waals surface area contributed by atoms with Gasteiger partial charge in [0, 0.05) is 18.1 Å². The minimum Gasteiger partial charge on any atom is -0.481 e. The fourth-order valence-corrected chi connectivity index (χ4v) is 3.33. The molecule has 140 valence electrons. The molecule has 0 saturated carbocycles. The van der Waals surface area contributed by atoms with Crippen molar-refractivity contribution >= 4 is 27.5 Å². The molecule has 1 unspecified atom stereocenters. The Morgan fingerprint density at radius 3 is 2.50 bits per heavy atom. The molecule has 0 aliphatic heterocycles. The Morgan fingerprint density at radius 1 is 1.15 bits per heavy atom. The second kappa shape index (κ2) is 9.02. The molecule has 0 fully saturated rings. The highest BCUT2D eigenvalue weighted by Gasteiger charge is 2.16. The van der Waals surface area contributed by atoms with Gasteiger partial charge in [-0.3, -0.25) is 4.79 Å². The fraction of sp³-hybridized carbons (Fsp3) is 0.278. The van der Waals surface area contributed by atoms with E-state index < -0.39 is 16.1 Å². The summed E-state index contributed by atoms with van der Waals surface area (Å²) in [5.74, 6) is 0.139. The smallest absolute Gasteiger partial charge is 0.260 e. The average molecular weight is 397 g/mol. The van der Waals surface area contributed by atoms with E-state index in [1.165, 1.54) is 12.1 Å². The maximum Gasteiger partial charge on any atom is 0.260 e. The molecular weight excluding hydrogens is 376 g/mol. The number of sulfonamides is 1. The normalized spacial score (nSPS) is 12.4. The monoisotopic (exact) mass is 396 g/mol. The van der Waals surface area contributed by atoms with Crippen molar-refractivity contribution in [2.45, 2.75) is 24.8 Å². The number of halogens is 1. The molecule has 0 spiro atoms. The SMILES string of the molecule is Cc1ccc(S(=O)(=O)NCCNC(=O)C(C)Oc2cccc(Cl)c2)cc1. The third-order valence-electron chi connectivity index (χ3n) is 3.53. The predicted molar refractivity (Wildman–Crippen MR) is 101 cm³/mol. The third-order valence-corrected chi connectivity index (χ3v) is 5.24. The summed E-state index contributed by atoms with van der Waals surface area (Å²) in [6.07, 6.45) is -0.734. The Kier molecular flexibility index (Phi) is 7.02. The van der Waals surface area contributed by atoms with E-state index in [9.17, 15) is 13.2 Å². The molecule has 1 amide bonds. The number of rotatable bonds is 8. The lowest BCUT2D eigenvalue weighted by molar-refractivity contribution is -0.127. The van der Waals surface area contributed by atoms with E-state index in [1.807, 2.05) is 6.92 Å². The molecule has 2 aromatic rings. The summed E-state index contributed by atoms with van der Waals surface area (Å²) in [6, 6.07) is 13.3. The van der Waals surface area contributed by atoms with Gasteiger partial charge in [-0.05, 0) is 44.2 Å². The zero-order valence-electron chi connectivity index (χ0n) is 14.5. The Morgan fingerprint density at radius 2 is 1.85 bits per heavy atom. The first kappa shape index (κ1) is 20.2. The summed E-state index contributed by atoms with van der Waals surface area (Å²) in [6.45, 7) is 3.71. The molecule has 2 rings (SSSR count). The molecule has 2 N–H and O–H groups in total. The van der Waals surface area contributed by atoms with Gasteiger partial charge in [0.05, 0.1) is 4.90 Å². The van der Waals surface area contributed by atoms with Gasteiger partial charge in [0.1, 0.15) is 5.75 Å². The highest BCUT2D eigenvalue weighted by molar-refractivity contribution is 7.89. The highest BCUT2D eigenvalue weighted by atomic mass is 35.5. The van der Waals surface area contributed by atoms with Gasteiger partial charge in [-0.25, -0.2) is 13.1 Å². The van der Waals surface area contributed by atoms with Crippen LogP contribution in [-0.2, 0) is 14.8 Å². The molecule has 0 heterocycles. The van der Waals surface area contributed by atoms with Gasteiger partial charge in [0.15, 0.2) is 6.10 Å². The molecule has 0 bridgehead atoms. The first-order chi connectivity index (χ1) is 12.3. The van der Waals surface area contributed by atoms with Crippen LogP contribution < -0.4 is 14.8 Å². The van der Waals surface area contributed by atoms with Crippen LogP contribution >= 0.6 is 11.6 Å². The largest absolute Gasteiger partial charge is 0.481 e. The molecule has 0 aromatic heterocycles. The molecule has 6 nitrogen and oxygen atoms in total. The Balaban J connectivity index is 1.78. The summed E-state index contributed by atoms with van der Waals surface area (Å²) in [7, 11) is -3.60. The molecule has 0 saturated heterocycles. The summed E-state index contributed by atoms with van der Waals surface area (Å²) in [5, 5.41) is 3.14. The maximum atomic E-state index is 12.1. The quantitative estimate of drug-likeness (QED) is 0.671. The molecule has 8 heteroatoms. The van der Waals surface area contributed by atoms with Gasteiger partial charge >= 0.3 is 0 Å². The Bertz CT molecular complexity index is 854. The number of amides is 1. The van der Waals surface area contributed by atoms with Crippen LogP contribution in [0.2, 0.25) is 5.02 Å². The van der Waals surface area contributed by atoms with Crippen molar-refractivity contribution in [1.82, 2.24) is 10.0 Å². The van der Waals surface area contributed by atoms with E-state index in [0.717, 1.165) is 5.56 Å². The molecular formula is C18H21ClN2O4S. The first-order valence-electron chi connectivity index (χ1n) is 8.04. The van der Waals surface area contributed by atoms with E-state index >= 15 is 0 Å². The van der Waals surface area contributed by atoms with Gasteiger partial charge < -0.3 is 10.1 Å². The number of nitrogens with one attached hydrogen (secondary N) is 2. The van der Waals surface area contributed by atoms with Crippen LogP contribution in [0.25, 0.3) is 0 Å². The van der Waals surface area contributed by atoms with Gasteiger partial charge in [-0.1, -0.05) is 35.4 Å². The molecule has 26 heavy (non-hydrogen) atoms. The fourth-order valence-electron chi connectivity index (χ4n) is 2.11. The van der Waals surface area contributed by atoms with Crippen LogP contribution in [0.1, 0.15) is 12.5 Å². The van der Waals surface area contributed by atoms with Crippen molar-refractivity contribution in [2.75, 3.05) is 13.1 Å². The average Bonchev–Trinajstić information content (AvgIpc) is 2.59. The van der Waals surface area contributed by atoms with Crippen molar-refractivity contribution in [1.29, 1.82) is 0 Å². The summed E-state index contributed by atoms with van der Waals surface area (Å²) in [4.78, 5) is 12.2. The summed E-state index contributed by atoms with van der Waals surface area (Å²) < 4.78 is 32.2. The third kappa shape index (κ3) is 6.01. The second-order valence-corrected chi connectivity index (χ2v) is 7.92. The Hall–Kier alpha value is -2.09. The zero-order valence-corrected chi connectivity index (χ0v) is 16.1. The van der Waals surface area contributed by atoms with Crippen molar-refractivity contribution in [3.8, 4) is 5.75 Å². The van der Waals surface area contributed by atoms with Crippen LogP contribution in [0.5, 0.6) is 5.75 Å². The number of benzene rings is 2. The maximum absolute atomic E-state index is 12.1. The number of hydrogen-bond donors (Lipinski definition) is 2. The molecule has 1 atom stereocenters. The minimum absolute atomic E-state index is 0.0752.